The van der Waals surface area contributed by atoms with E-state index in [0.29, 0.717) is 6.04 Å². The maximum absolute atomic E-state index is 9.90. The van der Waals surface area contributed by atoms with E-state index >= 15 is 0 Å². The van der Waals surface area contributed by atoms with Crippen molar-refractivity contribution in [1.29, 1.82) is 0 Å². The summed E-state index contributed by atoms with van der Waals surface area (Å²) in [6.07, 6.45) is 3.04. The first-order valence-electron chi connectivity index (χ1n) is 6.12. The van der Waals surface area contributed by atoms with Gasteiger partial charge >= 0.3 is 0 Å². The molecule has 0 heterocycles. The molecule has 1 aromatic rings. The van der Waals surface area contributed by atoms with Crippen molar-refractivity contribution < 1.29 is 5.11 Å². The summed E-state index contributed by atoms with van der Waals surface area (Å²) < 4.78 is 0. The molecule has 2 nitrogen and oxygen atoms in total. The molecule has 2 N–H and O–H groups in total. The third-order valence-corrected chi connectivity index (χ3v) is 2.97. The topological polar surface area (TPSA) is 32.3 Å². The monoisotopic (exact) mass is 219 g/mol. The number of aryl methyl sites for hydroxylation is 2. The van der Waals surface area contributed by atoms with Crippen molar-refractivity contribution in [2.24, 2.45) is 0 Å². The second-order valence-corrected chi connectivity index (χ2v) is 5.04. The molecule has 1 saturated carbocycles. The van der Waals surface area contributed by atoms with E-state index in [9.17, 15) is 5.11 Å². The molecular formula is C14H21NO. The van der Waals surface area contributed by atoms with E-state index in [4.69, 9.17) is 0 Å². The van der Waals surface area contributed by atoms with E-state index in [1.54, 1.807) is 0 Å². The molecule has 0 spiro atoms. The Labute approximate surface area is 97.7 Å². The van der Waals surface area contributed by atoms with Gasteiger partial charge in [-0.1, -0.05) is 29.3 Å². The number of aliphatic hydroxyl groups excluding tert-OH is 1. The van der Waals surface area contributed by atoms with Crippen LogP contribution in [0.4, 0.5) is 0 Å². The van der Waals surface area contributed by atoms with Gasteiger partial charge < -0.3 is 10.4 Å². The van der Waals surface area contributed by atoms with E-state index in [0.717, 1.165) is 13.0 Å². The summed E-state index contributed by atoms with van der Waals surface area (Å²) in [5.41, 5.74) is 3.79. The highest BCUT2D eigenvalue weighted by atomic mass is 16.3. The van der Waals surface area contributed by atoms with Crippen molar-refractivity contribution in [2.45, 2.75) is 45.3 Å². The van der Waals surface area contributed by atoms with Gasteiger partial charge in [-0.2, -0.15) is 0 Å². The zero-order valence-corrected chi connectivity index (χ0v) is 10.2. The molecule has 0 bridgehead atoms. The van der Waals surface area contributed by atoms with Crippen LogP contribution in [0, 0.1) is 13.8 Å². The number of benzene rings is 1. The minimum absolute atomic E-state index is 0.262. The average Bonchev–Trinajstić information content (AvgIpc) is 2.96. The number of rotatable bonds is 5. The van der Waals surface area contributed by atoms with Crippen molar-refractivity contribution in [3.63, 3.8) is 0 Å². The fourth-order valence-electron chi connectivity index (χ4n) is 2.12. The Bertz CT molecular complexity index is 338. The van der Waals surface area contributed by atoms with Crippen LogP contribution in [0.1, 0.15) is 29.5 Å². The van der Waals surface area contributed by atoms with Crippen LogP contribution >= 0.6 is 0 Å². The molecule has 1 fully saturated rings. The summed E-state index contributed by atoms with van der Waals surface area (Å²) in [5.74, 6) is 0. The molecular weight excluding hydrogens is 198 g/mol. The smallest absolute Gasteiger partial charge is 0.0704 e. The molecule has 16 heavy (non-hydrogen) atoms. The number of hydrogen-bond acceptors (Lipinski definition) is 2. The van der Waals surface area contributed by atoms with E-state index in [2.05, 4.69) is 37.4 Å². The first kappa shape index (κ1) is 11.6. The zero-order valence-electron chi connectivity index (χ0n) is 10.2. The first-order chi connectivity index (χ1) is 7.63. The van der Waals surface area contributed by atoms with Gasteiger partial charge in [0.15, 0.2) is 0 Å². The number of aliphatic hydroxyl groups is 1. The van der Waals surface area contributed by atoms with Crippen LogP contribution in [0.25, 0.3) is 0 Å². The van der Waals surface area contributed by atoms with Crippen LogP contribution in [0.2, 0.25) is 0 Å². The lowest BCUT2D eigenvalue weighted by atomic mass is 10.0. The van der Waals surface area contributed by atoms with Crippen molar-refractivity contribution in [3.05, 3.63) is 34.9 Å². The predicted molar refractivity (Wildman–Crippen MR) is 66.7 cm³/mol. The van der Waals surface area contributed by atoms with E-state index in [1.807, 2.05) is 0 Å². The van der Waals surface area contributed by atoms with E-state index < -0.39 is 0 Å². The summed E-state index contributed by atoms with van der Waals surface area (Å²) >= 11 is 0. The van der Waals surface area contributed by atoms with Crippen LogP contribution < -0.4 is 5.32 Å². The van der Waals surface area contributed by atoms with Gasteiger partial charge in [0.05, 0.1) is 6.10 Å². The highest BCUT2D eigenvalue weighted by molar-refractivity contribution is 5.28. The first-order valence-corrected chi connectivity index (χ1v) is 6.12. The number of nitrogens with one attached hydrogen (secondary N) is 1. The van der Waals surface area contributed by atoms with Gasteiger partial charge in [-0.05, 0) is 38.7 Å². The largest absolute Gasteiger partial charge is 0.391 e. The van der Waals surface area contributed by atoms with E-state index in [-0.39, 0.29) is 6.10 Å². The van der Waals surface area contributed by atoms with Crippen LogP contribution in [-0.2, 0) is 6.42 Å². The summed E-state index contributed by atoms with van der Waals surface area (Å²) in [6, 6.07) is 7.16. The zero-order chi connectivity index (χ0) is 11.5. The van der Waals surface area contributed by atoms with Crippen molar-refractivity contribution in [1.82, 2.24) is 5.32 Å². The standard InChI is InChI=1S/C14H21NO/c1-10-5-11(2)7-12(6-10)8-14(16)9-15-13-3-4-13/h5-7,13-16H,3-4,8-9H2,1-2H3. The van der Waals surface area contributed by atoms with Crippen molar-refractivity contribution in [3.8, 4) is 0 Å². The van der Waals surface area contributed by atoms with Gasteiger partial charge in [0, 0.05) is 12.6 Å². The minimum Gasteiger partial charge on any atom is -0.391 e. The second kappa shape index (κ2) is 4.98. The molecule has 2 rings (SSSR count). The Hall–Kier alpha value is -0.860. The Kier molecular flexibility index (Phi) is 3.62. The summed E-state index contributed by atoms with van der Waals surface area (Å²) in [4.78, 5) is 0. The van der Waals surface area contributed by atoms with E-state index in [1.165, 1.54) is 29.5 Å². The maximum atomic E-state index is 9.90. The minimum atomic E-state index is -0.262. The van der Waals surface area contributed by atoms with Gasteiger partial charge in [-0.3, -0.25) is 0 Å². The molecule has 0 saturated heterocycles. The van der Waals surface area contributed by atoms with Crippen LogP contribution in [0.3, 0.4) is 0 Å². The molecule has 1 aliphatic rings. The summed E-state index contributed by atoms with van der Waals surface area (Å²) in [5, 5.41) is 13.3. The third-order valence-electron chi connectivity index (χ3n) is 2.97. The predicted octanol–water partition coefficient (Wildman–Crippen LogP) is 1.96. The van der Waals surface area contributed by atoms with Gasteiger partial charge in [0.2, 0.25) is 0 Å². The quantitative estimate of drug-likeness (QED) is 0.793. The van der Waals surface area contributed by atoms with Crippen LogP contribution in [0.5, 0.6) is 0 Å². The molecule has 1 aromatic carbocycles. The molecule has 88 valence electrons. The fraction of sp³-hybridized carbons (Fsp3) is 0.571. The molecule has 0 aromatic heterocycles. The van der Waals surface area contributed by atoms with Gasteiger partial charge in [0.1, 0.15) is 0 Å². The molecule has 0 aliphatic heterocycles. The lowest BCUT2D eigenvalue weighted by Gasteiger charge is -2.12. The molecule has 0 radical (unpaired) electrons. The highest BCUT2D eigenvalue weighted by Gasteiger charge is 2.21. The third kappa shape index (κ3) is 3.62. The Morgan fingerprint density at radius 2 is 1.88 bits per heavy atom. The lowest BCUT2D eigenvalue weighted by Crippen LogP contribution is -2.29. The second-order valence-electron chi connectivity index (χ2n) is 5.04. The normalized spacial score (nSPS) is 17.4. The number of hydrogen-bond donors (Lipinski definition) is 2. The summed E-state index contributed by atoms with van der Waals surface area (Å²) in [7, 11) is 0. The van der Waals surface area contributed by atoms with Gasteiger partial charge in [-0.25, -0.2) is 0 Å². The van der Waals surface area contributed by atoms with Crippen LogP contribution in [-0.4, -0.2) is 23.8 Å². The van der Waals surface area contributed by atoms with Crippen molar-refractivity contribution >= 4 is 0 Å². The molecule has 1 unspecified atom stereocenters. The SMILES string of the molecule is Cc1cc(C)cc(CC(O)CNC2CC2)c1. The average molecular weight is 219 g/mol. The van der Waals surface area contributed by atoms with Crippen LogP contribution in [0.15, 0.2) is 18.2 Å². The van der Waals surface area contributed by atoms with Crippen molar-refractivity contribution in [2.75, 3.05) is 6.54 Å². The molecule has 0 amide bonds. The Morgan fingerprint density at radius 3 is 2.44 bits per heavy atom. The maximum Gasteiger partial charge on any atom is 0.0704 e. The Morgan fingerprint density at radius 1 is 1.25 bits per heavy atom. The van der Waals surface area contributed by atoms with Gasteiger partial charge in [0.25, 0.3) is 0 Å². The Balaban J connectivity index is 1.86. The van der Waals surface area contributed by atoms with Gasteiger partial charge in [-0.15, -0.1) is 0 Å². The summed E-state index contributed by atoms with van der Waals surface area (Å²) in [6.45, 7) is 4.92. The highest BCUT2D eigenvalue weighted by Crippen LogP contribution is 2.18. The molecule has 1 atom stereocenters. The molecule has 1 aliphatic carbocycles. The fourth-order valence-corrected chi connectivity index (χ4v) is 2.12. The molecule has 2 heteroatoms. The lowest BCUT2D eigenvalue weighted by molar-refractivity contribution is 0.171.